The Morgan fingerprint density at radius 2 is 2.14 bits per heavy atom. The van der Waals surface area contributed by atoms with E-state index < -0.39 is 6.04 Å². The van der Waals surface area contributed by atoms with Crippen molar-refractivity contribution in [3.05, 3.63) is 59.5 Å². The SMILES string of the molecule is N[C@@H](Cc1ccccc1)C(=O)NC1CCCc2occc21. The predicted molar refractivity (Wildman–Crippen MR) is 80.7 cm³/mol. The van der Waals surface area contributed by atoms with E-state index >= 15 is 0 Å². The van der Waals surface area contributed by atoms with Crippen LogP contribution in [0.3, 0.4) is 0 Å². The zero-order valence-corrected chi connectivity index (χ0v) is 11.9. The predicted octanol–water partition coefficient (Wildman–Crippen LogP) is 2.34. The molecule has 0 bridgehead atoms. The zero-order chi connectivity index (χ0) is 14.7. The van der Waals surface area contributed by atoms with Crippen molar-refractivity contribution in [3.8, 4) is 0 Å². The lowest BCUT2D eigenvalue weighted by Gasteiger charge is -2.24. The number of benzene rings is 1. The summed E-state index contributed by atoms with van der Waals surface area (Å²) in [6, 6.07) is 11.3. The number of fused-ring (bicyclic) bond motifs is 1. The van der Waals surface area contributed by atoms with Crippen molar-refractivity contribution >= 4 is 5.91 Å². The molecule has 1 aliphatic carbocycles. The molecule has 3 rings (SSSR count). The number of nitrogens with one attached hydrogen (secondary N) is 1. The molecule has 0 aliphatic heterocycles. The van der Waals surface area contributed by atoms with Crippen LogP contribution in [0.5, 0.6) is 0 Å². The molecule has 1 unspecified atom stereocenters. The van der Waals surface area contributed by atoms with Gasteiger partial charge in [0.25, 0.3) is 0 Å². The Morgan fingerprint density at radius 1 is 1.33 bits per heavy atom. The van der Waals surface area contributed by atoms with Crippen molar-refractivity contribution in [1.29, 1.82) is 0 Å². The molecule has 0 saturated carbocycles. The Bertz CT molecular complexity index is 606. The van der Waals surface area contributed by atoms with Crippen LogP contribution in [0.25, 0.3) is 0 Å². The van der Waals surface area contributed by atoms with E-state index in [0.29, 0.717) is 6.42 Å². The fourth-order valence-corrected chi connectivity index (χ4v) is 2.88. The van der Waals surface area contributed by atoms with Crippen molar-refractivity contribution in [3.63, 3.8) is 0 Å². The lowest BCUT2D eigenvalue weighted by Crippen LogP contribution is -2.44. The quantitative estimate of drug-likeness (QED) is 0.905. The maximum absolute atomic E-state index is 12.3. The average molecular weight is 284 g/mol. The molecule has 2 atom stereocenters. The number of rotatable bonds is 4. The molecule has 2 aromatic rings. The van der Waals surface area contributed by atoms with E-state index in [0.717, 1.165) is 36.1 Å². The first-order chi connectivity index (χ1) is 10.2. The first kappa shape index (κ1) is 13.9. The van der Waals surface area contributed by atoms with E-state index in [9.17, 15) is 4.79 Å². The Hall–Kier alpha value is -2.07. The van der Waals surface area contributed by atoms with Crippen LogP contribution in [-0.4, -0.2) is 11.9 Å². The maximum atomic E-state index is 12.3. The molecule has 4 heteroatoms. The van der Waals surface area contributed by atoms with Crippen LogP contribution < -0.4 is 11.1 Å². The van der Waals surface area contributed by atoms with Gasteiger partial charge in [0.15, 0.2) is 0 Å². The highest BCUT2D eigenvalue weighted by atomic mass is 16.3. The van der Waals surface area contributed by atoms with E-state index in [1.54, 1.807) is 6.26 Å². The minimum atomic E-state index is -0.523. The van der Waals surface area contributed by atoms with Gasteiger partial charge in [-0.05, 0) is 30.9 Å². The molecule has 0 fully saturated rings. The van der Waals surface area contributed by atoms with E-state index in [1.165, 1.54) is 0 Å². The zero-order valence-electron chi connectivity index (χ0n) is 11.9. The third-order valence-corrected chi connectivity index (χ3v) is 4.00. The summed E-state index contributed by atoms with van der Waals surface area (Å²) in [6.07, 6.45) is 5.16. The third-order valence-electron chi connectivity index (χ3n) is 4.00. The van der Waals surface area contributed by atoms with Crippen LogP contribution >= 0.6 is 0 Å². The summed E-state index contributed by atoms with van der Waals surface area (Å²) in [6.45, 7) is 0. The van der Waals surface area contributed by atoms with Crippen LogP contribution in [0.4, 0.5) is 0 Å². The number of hydrogen-bond acceptors (Lipinski definition) is 3. The molecule has 1 aliphatic rings. The molecule has 0 radical (unpaired) electrons. The standard InChI is InChI=1S/C17H20N2O2/c18-14(11-12-5-2-1-3-6-12)17(20)19-15-7-4-8-16-13(15)9-10-21-16/h1-3,5-6,9-10,14-15H,4,7-8,11,18H2,(H,19,20)/t14-,15?/m0/s1. The highest BCUT2D eigenvalue weighted by Crippen LogP contribution is 2.30. The van der Waals surface area contributed by atoms with Crippen molar-refractivity contribution in [2.24, 2.45) is 5.73 Å². The fourth-order valence-electron chi connectivity index (χ4n) is 2.88. The number of hydrogen-bond donors (Lipinski definition) is 2. The van der Waals surface area contributed by atoms with Gasteiger partial charge in [-0.25, -0.2) is 0 Å². The van der Waals surface area contributed by atoms with Crippen LogP contribution in [-0.2, 0) is 17.6 Å². The smallest absolute Gasteiger partial charge is 0.237 e. The van der Waals surface area contributed by atoms with Gasteiger partial charge in [0.1, 0.15) is 5.76 Å². The highest BCUT2D eigenvalue weighted by molar-refractivity contribution is 5.82. The van der Waals surface area contributed by atoms with E-state index in [2.05, 4.69) is 5.32 Å². The van der Waals surface area contributed by atoms with E-state index in [1.807, 2.05) is 36.4 Å². The van der Waals surface area contributed by atoms with Crippen molar-refractivity contribution in [2.45, 2.75) is 37.8 Å². The first-order valence-corrected chi connectivity index (χ1v) is 7.40. The second-order valence-electron chi connectivity index (χ2n) is 5.55. The molecule has 1 aromatic heterocycles. The number of nitrogens with two attached hydrogens (primary N) is 1. The summed E-state index contributed by atoms with van der Waals surface area (Å²) in [5.74, 6) is 0.890. The minimum absolute atomic E-state index is 0.0295. The largest absolute Gasteiger partial charge is 0.469 e. The number of furan rings is 1. The molecule has 1 aromatic carbocycles. The van der Waals surface area contributed by atoms with Crippen LogP contribution in [0.2, 0.25) is 0 Å². The Balaban J connectivity index is 1.62. The number of carbonyl (C=O) groups is 1. The highest BCUT2D eigenvalue weighted by Gasteiger charge is 2.25. The molecule has 3 N–H and O–H groups in total. The van der Waals surface area contributed by atoms with Gasteiger partial charge in [0.05, 0.1) is 18.3 Å². The molecule has 1 amide bonds. The van der Waals surface area contributed by atoms with Gasteiger partial charge < -0.3 is 15.5 Å². The van der Waals surface area contributed by atoms with Gasteiger partial charge in [0.2, 0.25) is 5.91 Å². The lowest BCUT2D eigenvalue weighted by atomic mass is 9.93. The van der Waals surface area contributed by atoms with Gasteiger partial charge in [-0.3, -0.25) is 4.79 Å². The molecule has 21 heavy (non-hydrogen) atoms. The van der Waals surface area contributed by atoms with Crippen molar-refractivity contribution in [2.75, 3.05) is 0 Å². The summed E-state index contributed by atoms with van der Waals surface area (Å²) in [4.78, 5) is 12.3. The topological polar surface area (TPSA) is 68.3 Å². The summed E-state index contributed by atoms with van der Waals surface area (Å²) in [5, 5.41) is 3.06. The monoisotopic (exact) mass is 284 g/mol. The first-order valence-electron chi connectivity index (χ1n) is 7.40. The number of amides is 1. The molecule has 1 heterocycles. The van der Waals surface area contributed by atoms with Crippen molar-refractivity contribution in [1.82, 2.24) is 5.32 Å². The van der Waals surface area contributed by atoms with Gasteiger partial charge in [-0.2, -0.15) is 0 Å². The number of carbonyl (C=O) groups excluding carboxylic acids is 1. The Labute approximate surface area is 124 Å². The van der Waals surface area contributed by atoms with Gasteiger partial charge in [-0.15, -0.1) is 0 Å². The molecular weight excluding hydrogens is 264 g/mol. The second kappa shape index (κ2) is 6.14. The van der Waals surface area contributed by atoms with Crippen LogP contribution in [0.15, 0.2) is 47.1 Å². The summed E-state index contributed by atoms with van der Waals surface area (Å²) in [7, 11) is 0. The number of aryl methyl sites for hydroxylation is 1. The minimum Gasteiger partial charge on any atom is -0.469 e. The normalized spacial score (nSPS) is 18.8. The summed E-state index contributed by atoms with van der Waals surface area (Å²) in [5.41, 5.74) is 8.20. The molecule has 0 saturated heterocycles. The molecular formula is C17H20N2O2. The maximum Gasteiger partial charge on any atom is 0.237 e. The van der Waals surface area contributed by atoms with Gasteiger partial charge in [0, 0.05) is 12.0 Å². The van der Waals surface area contributed by atoms with E-state index in [-0.39, 0.29) is 11.9 Å². The van der Waals surface area contributed by atoms with Crippen LogP contribution in [0, 0.1) is 0 Å². The fraction of sp³-hybridized carbons (Fsp3) is 0.353. The average Bonchev–Trinajstić information content (AvgIpc) is 2.98. The summed E-state index contributed by atoms with van der Waals surface area (Å²) < 4.78 is 5.44. The van der Waals surface area contributed by atoms with E-state index in [4.69, 9.17) is 10.2 Å². The molecule has 0 spiro atoms. The van der Waals surface area contributed by atoms with Crippen LogP contribution in [0.1, 0.15) is 35.8 Å². The Kier molecular flexibility index (Phi) is 4.06. The molecule has 110 valence electrons. The van der Waals surface area contributed by atoms with Crippen molar-refractivity contribution < 1.29 is 9.21 Å². The van der Waals surface area contributed by atoms with Gasteiger partial charge >= 0.3 is 0 Å². The summed E-state index contributed by atoms with van der Waals surface area (Å²) >= 11 is 0. The second-order valence-corrected chi connectivity index (χ2v) is 5.55. The third kappa shape index (κ3) is 3.16. The molecule has 4 nitrogen and oxygen atoms in total. The van der Waals surface area contributed by atoms with Gasteiger partial charge in [-0.1, -0.05) is 30.3 Å². The lowest BCUT2D eigenvalue weighted by molar-refractivity contribution is -0.123. The Morgan fingerprint density at radius 3 is 2.95 bits per heavy atom.